The van der Waals surface area contributed by atoms with Gasteiger partial charge in [0.1, 0.15) is 29.6 Å². The molecule has 0 atom stereocenters. The van der Waals surface area contributed by atoms with Crippen LogP contribution in [-0.2, 0) is 6.54 Å². The minimum absolute atomic E-state index is 0.162. The summed E-state index contributed by atoms with van der Waals surface area (Å²) in [5.74, 6) is -2.26. The molecule has 5 nitrogen and oxygen atoms in total. The Balaban J connectivity index is 1.35. The van der Waals surface area contributed by atoms with Crippen molar-refractivity contribution in [3.8, 4) is 0 Å². The number of nitrogens with zero attached hydrogens (tertiary/aromatic N) is 5. The van der Waals surface area contributed by atoms with Gasteiger partial charge in [0.05, 0.1) is 0 Å². The van der Waals surface area contributed by atoms with Gasteiger partial charge in [-0.15, -0.1) is 0 Å². The first-order valence-corrected chi connectivity index (χ1v) is 9.76. The Kier molecular flexibility index (Phi) is 5.58. The van der Waals surface area contributed by atoms with E-state index in [0.717, 1.165) is 11.9 Å². The highest BCUT2D eigenvalue weighted by atomic mass is 19.3. The minimum Gasteiger partial charge on any atom is -0.356 e. The highest BCUT2D eigenvalue weighted by Gasteiger charge is 2.34. The maximum Gasteiger partial charge on any atom is 0.251 e. The summed E-state index contributed by atoms with van der Waals surface area (Å²) in [5, 5.41) is 0. The molecule has 2 saturated heterocycles. The smallest absolute Gasteiger partial charge is 0.251 e. The predicted molar refractivity (Wildman–Crippen MR) is 102 cm³/mol. The second kappa shape index (κ2) is 8.14. The van der Waals surface area contributed by atoms with Gasteiger partial charge in [-0.2, -0.15) is 0 Å². The molecular formula is C20H23F4N5. The van der Waals surface area contributed by atoms with E-state index in [2.05, 4.69) is 19.8 Å². The predicted octanol–water partition coefficient (Wildman–Crippen LogP) is 3.31. The molecule has 0 unspecified atom stereocenters. The maximum absolute atomic E-state index is 13.9. The minimum atomic E-state index is -2.59. The number of aromatic nitrogens is 2. The largest absolute Gasteiger partial charge is 0.356 e. The van der Waals surface area contributed by atoms with Crippen molar-refractivity contribution in [2.75, 3.05) is 49.1 Å². The van der Waals surface area contributed by atoms with Gasteiger partial charge in [-0.1, -0.05) is 6.07 Å². The Hall–Kier alpha value is -2.42. The molecule has 0 spiro atoms. The molecule has 9 heteroatoms. The molecule has 0 aliphatic carbocycles. The van der Waals surface area contributed by atoms with Crippen molar-refractivity contribution in [2.45, 2.75) is 25.3 Å². The molecule has 156 valence electrons. The van der Waals surface area contributed by atoms with E-state index in [1.165, 1.54) is 18.5 Å². The van der Waals surface area contributed by atoms with Crippen LogP contribution in [0.4, 0.5) is 29.2 Å². The van der Waals surface area contributed by atoms with Gasteiger partial charge in [0.2, 0.25) is 0 Å². The van der Waals surface area contributed by atoms with E-state index in [1.54, 1.807) is 0 Å². The first kappa shape index (κ1) is 19.9. The zero-order chi connectivity index (χ0) is 20.4. The zero-order valence-electron chi connectivity index (χ0n) is 16.0. The molecule has 1 aromatic carbocycles. The van der Waals surface area contributed by atoms with Gasteiger partial charge < -0.3 is 9.80 Å². The van der Waals surface area contributed by atoms with Gasteiger partial charge >= 0.3 is 0 Å². The van der Waals surface area contributed by atoms with Crippen molar-refractivity contribution in [3.05, 3.63) is 47.8 Å². The van der Waals surface area contributed by atoms with Crippen LogP contribution < -0.4 is 9.80 Å². The zero-order valence-corrected chi connectivity index (χ0v) is 16.0. The van der Waals surface area contributed by atoms with E-state index in [9.17, 15) is 17.6 Å². The highest BCUT2D eigenvalue weighted by Crippen LogP contribution is 2.30. The Morgan fingerprint density at radius 1 is 0.828 bits per heavy atom. The molecule has 4 rings (SSSR count). The Morgan fingerprint density at radius 3 is 2.07 bits per heavy atom. The SMILES string of the molecule is Fc1ccc(CN2CCN(c3cc(N4CCC(F)(F)CC4)ncn3)CC2)c(F)c1. The highest BCUT2D eigenvalue weighted by molar-refractivity contribution is 5.50. The Labute approximate surface area is 167 Å². The van der Waals surface area contributed by atoms with Crippen molar-refractivity contribution in [1.29, 1.82) is 0 Å². The monoisotopic (exact) mass is 409 g/mol. The van der Waals surface area contributed by atoms with Crippen LogP contribution in [0.3, 0.4) is 0 Å². The Bertz CT molecular complexity index is 845. The van der Waals surface area contributed by atoms with Crippen molar-refractivity contribution < 1.29 is 17.6 Å². The van der Waals surface area contributed by atoms with Gasteiger partial charge in [0, 0.05) is 76.4 Å². The molecule has 2 aliphatic heterocycles. The van der Waals surface area contributed by atoms with Crippen LogP contribution in [0.5, 0.6) is 0 Å². The fourth-order valence-corrected chi connectivity index (χ4v) is 3.77. The topological polar surface area (TPSA) is 35.5 Å². The molecule has 0 amide bonds. The average Bonchev–Trinajstić information content (AvgIpc) is 2.71. The number of piperazine rings is 1. The van der Waals surface area contributed by atoms with Crippen LogP contribution in [0.25, 0.3) is 0 Å². The van der Waals surface area contributed by atoms with Crippen LogP contribution in [0.1, 0.15) is 18.4 Å². The number of halogens is 4. The molecule has 29 heavy (non-hydrogen) atoms. The molecule has 2 aromatic rings. The molecule has 0 saturated carbocycles. The molecule has 0 bridgehead atoms. The number of rotatable bonds is 4. The first-order chi connectivity index (χ1) is 13.9. The lowest BCUT2D eigenvalue weighted by Gasteiger charge is -2.36. The summed E-state index contributed by atoms with van der Waals surface area (Å²) in [6, 6.07) is 5.51. The molecule has 1 aromatic heterocycles. The molecule has 0 radical (unpaired) electrons. The molecule has 3 heterocycles. The summed E-state index contributed by atoms with van der Waals surface area (Å²) in [5.41, 5.74) is 0.478. The number of alkyl halides is 2. The third-order valence-electron chi connectivity index (χ3n) is 5.56. The number of hydrogen-bond donors (Lipinski definition) is 0. The number of hydrogen-bond acceptors (Lipinski definition) is 5. The van der Waals surface area contributed by atoms with Gasteiger partial charge in [0.25, 0.3) is 5.92 Å². The van der Waals surface area contributed by atoms with Crippen LogP contribution in [0.2, 0.25) is 0 Å². The lowest BCUT2D eigenvalue weighted by atomic mass is 10.1. The van der Waals surface area contributed by atoms with Crippen LogP contribution >= 0.6 is 0 Å². The van der Waals surface area contributed by atoms with Crippen LogP contribution in [0.15, 0.2) is 30.6 Å². The summed E-state index contributed by atoms with van der Waals surface area (Å²) < 4.78 is 53.7. The van der Waals surface area contributed by atoms with Crippen LogP contribution in [0, 0.1) is 11.6 Å². The molecule has 2 fully saturated rings. The molecule has 0 N–H and O–H groups in total. The summed E-state index contributed by atoms with van der Waals surface area (Å²) >= 11 is 0. The summed E-state index contributed by atoms with van der Waals surface area (Å²) in [6.45, 7) is 3.82. The third-order valence-corrected chi connectivity index (χ3v) is 5.56. The fraction of sp³-hybridized carbons (Fsp3) is 0.500. The number of benzene rings is 1. The van der Waals surface area contributed by atoms with Crippen molar-refractivity contribution in [3.63, 3.8) is 0 Å². The van der Waals surface area contributed by atoms with E-state index in [0.29, 0.717) is 44.1 Å². The lowest BCUT2D eigenvalue weighted by Crippen LogP contribution is -2.46. The van der Waals surface area contributed by atoms with Crippen molar-refractivity contribution >= 4 is 11.6 Å². The Morgan fingerprint density at radius 2 is 1.45 bits per heavy atom. The normalized spacial score (nSPS) is 20.1. The van der Waals surface area contributed by atoms with Gasteiger partial charge in [-0.05, 0) is 6.07 Å². The second-order valence-corrected chi connectivity index (χ2v) is 7.58. The lowest BCUT2D eigenvalue weighted by molar-refractivity contribution is -0.0221. The van der Waals surface area contributed by atoms with Crippen LogP contribution in [-0.4, -0.2) is 60.1 Å². The van der Waals surface area contributed by atoms with E-state index in [1.807, 2.05) is 11.0 Å². The number of anilines is 2. The summed E-state index contributed by atoms with van der Waals surface area (Å²) in [6.07, 6.45) is 1.15. The van der Waals surface area contributed by atoms with Crippen molar-refractivity contribution in [2.24, 2.45) is 0 Å². The van der Waals surface area contributed by atoms with E-state index in [-0.39, 0.29) is 25.9 Å². The second-order valence-electron chi connectivity index (χ2n) is 7.58. The quantitative estimate of drug-likeness (QED) is 0.724. The number of piperidine rings is 1. The van der Waals surface area contributed by atoms with E-state index in [4.69, 9.17) is 0 Å². The summed E-state index contributed by atoms with van der Waals surface area (Å²) in [7, 11) is 0. The standard InChI is InChI=1S/C20H23F4N5/c21-16-2-1-15(17(22)11-16)13-27-7-9-29(10-8-27)19-12-18(25-14-26-19)28-5-3-20(23,24)4-6-28/h1-2,11-12,14H,3-10,13H2. The average molecular weight is 409 g/mol. The van der Waals surface area contributed by atoms with Gasteiger partial charge in [0.15, 0.2) is 0 Å². The first-order valence-electron chi connectivity index (χ1n) is 9.76. The van der Waals surface area contributed by atoms with E-state index >= 15 is 0 Å². The van der Waals surface area contributed by atoms with E-state index < -0.39 is 17.6 Å². The van der Waals surface area contributed by atoms with Gasteiger partial charge in [-0.3, -0.25) is 4.90 Å². The maximum atomic E-state index is 13.9. The third kappa shape index (κ3) is 4.77. The van der Waals surface area contributed by atoms with Crippen molar-refractivity contribution in [1.82, 2.24) is 14.9 Å². The summed E-state index contributed by atoms with van der Waals surface area (Å²) in [4.78, 5) is 14.7. The van der Waals surface area contributed by atoms with Gasteiger partial charge in [-0.25, -0.2) is 27.5 Å². The fourth-order valence-electron chi connectivity index (χ4n) is 3.77. The molecular weight excluding hydrogens is 386 g/mol. The molecule has 2 aliphatic rings.